The Bertz CT molecular complexity index is 739. The second-order valence-corrected chi connectivity index (χ2v) is 7.35. The van der Waals surface area contributed by atoms with Gasteiger partial charge in [0, 0.05) is 6.54 Å². The van der Waals surface area contributed by atoms with Gasteiger partial charge in [-0.3, -0.25) is 0 Å². The van der Waals surface area contributed by atoms with Crippen LogP contribution >= 0.6 is 0 Å². The lowest BCUT2D eigenvalue weighted by Gasteiger charge is -2.19. The van der Waals surface area contributed by atoms with Crippen molar-refractivity contribution in [1.29, 1.82) is 0 Å². The average molecular weight is 386 g/mol. The molecule has 2 N–H and O–H groups in total. The lowest BCUT2D eigenvalue weighted by atomic mass is 10.1. The van der Waals surface area contributed by atoms with E-state index in [0.717, 1.165) is 22.6 Å². The molecule has 0 heterocycles. The molecule has 2 rings (SSSR count). The van der Waals surface area contributed by atoms with Crippen molar-refractivity contribution in [3.63, 3.8) is 0 Å². The number of ether oxygens (including phenoxy) is 3. The van der Waals surface area contributed by atoms with Gasteiger partial charge >= 0.3 is 6.03 Å². The molecule has 0 aliphatic heterocycles. The molecule has 152 valence electrons. The van der Waals surface area contributed by atoms with Gasteiger partial charge in [-0.1, -0.05) is 24.3 Å². The number of nitrogens with one attached hydrogen (secondary N) is 2. The zero-order valence-corrected chi connectivity index (χ0v) is 17.1. The van der Waals surface area contributed by atoms with Crippen molar-refractivity contribution in [2.24, 2.45) is 0 Å². The van der Waals surface area contributed by atoms with Crippen LogP contribution in [-0.2, 0) is 17.9 Å². The van der Waals surface area contributed by atoms with E-state index in [-0.39, 0.29) is 11.6 Å². The summed E-state index contributed by atoms with van der Waals surface area (Å²) in [4.78, 5) is 11.9. The molecule has 0 aliphatic rings. The number of amides is 2. The summed E-state index contributed by atoms with van der Waals surface area (Å²) >= 11 is 0. The molecule has 6 nitrogen and oxygen atoms in total. The van der Waals surface area contributed by atoms with E-state index in [9.17, 15) is 4.79 Å². The predicted octanol–water partition coefficient (Wildman–Crippen LogP) is 3.89. The first-order valence-electron chi connectivity index (χ1n) is 9.36. The Balaban J connectivity index is 1.66. The standard InChI is InChI=1S/C22H30N2O4/c1-22(2,3)28-16-18-7-5-6-17(14-18)15-24-21(25)23-12-13-27-20-10-8-19(26-4)9-11-20/h5-11,14H,12-13,15-16H2,1-4H3,(H2,23,24,25). The van der Waals surface area contributed by atoms with E-state index >= 15 is 0 Å². The second kappa shape index (κ2) is 10.6. The smallest absolute Gasteiger partial charge is 0.315 e. The Morgan fingerprint density at radius 3 is 2.32 bits per heavy atom. The number of benzene rings is 2. The van der Waals surface area contributed by atoms with E-state index < -0.39 is 0 Å². The molecule has 0 aromatic heterocycles. The molecule has 0 saturated heterocycles. The summed E-state index contributed by atoms with van der Waals surface area (Å²) in [5.74, 6) is 1.51. The van der Waals surface area contributed by atoms with Crippen LogP contribution in [-0.4, -0.2) is 31.9 Å². The molecular formula is C22H30N2O4. The van der Waals surface area contributed by atoms with E-state index in [2.05, 4.69) is 10.6 Å². The molecule has 0 radical (unpaired) electrons. The maximum atomic E-state index is 11.9. The largest absolute Gasteiger partial charge is 0.497 e. The highest BCUT2D eigenvalue weighted by Gasteiger charge is 2.10. The first kappa shape index (κ1) is 21.6. The zero-order valence-electron chi connectivity index (χ0n) is 17.1. The van der Waals surface area contributed by atoms with E-state index in [1.165, 1.54) is 0 Å². The molecule has 0 fully saturated rings. The third-order valence-corrected chi connectivity index (χ3v) is 3.83. The number of urea groups is 1. The van der Waals surface area contributed by atoms with Gasteiger partial charge in [-0.05, 0) is 56.2 Å². The van der Waals surface area contributed by atoms with Gasteiger partial charge in [-0.25, -0.2) is 4.79 Å². The van der Waals surface area contributed by atoms with Gasteiger partial charge in [0.25, 0.3) is 0 Å². The maximum absolute atomic E-state index is 11.9. The molecule has 0 saturated carbocycles. The first-order chi connectivity index (χ1) is 13.4. The normalized spacial score (nSPS) is 11.0. The topological polar surface area (TPSA) is 68.8 Å². The summed E-state index contributed by atoms with van der Waals surface area (Å²) in [6, 6.07) is 15.1. The van der Waals surface area contributed by atoms with E-state index in [4.69, 9.17) is 14.2 Å². The maximum Gasteiger partial charge on any atom is 0.315 e. The lowest BCUT2D eigenvalue weighted by molar-refractivity contribution is -0.0149. The molecular weight excluding hydrogens is 356 g/mol. The number of hydrogen-bond donors (Lipinski definition) is 2. The summed E-state index contributed by atoms with van der Waals surface area (Å²) < 4.78 is 16.5. The van der Waals surface area contributed by atoms with Crippen molar-refractivity contribution in [3.8, 4) is 11.5 Å². The van der Waals surface area contributed by atoms with Gasteiger partial charge in [0.1, 0.15) is 18.1 Å². The molecule has 0 spiro atoms. The van der Waals surface area contributed by atoms with Crippen molar-refractivity contribution >= 4 is 6.03 Å². The summed E-state index contributed by atoms with van der Waals surface area (Å²) in [5, 5.41) is 5.63. The minimum absolute atomic E-state index is 0.179. The van der Waals surface area contributed by atoms with Crippen LogP contribution in [0.3, 0.4) is 0 Å². The van der Waals surface area contributed by atoms with Gasteiger partial charge < -0.3 is 24.8 Å². The van der Waals surface area contributed by atoms with Crippen molar-refractivity contribution in [2.75, 3.05) is 20.3 Å². The van der Waals surface area contributed by atoms with E-state index in [1.807, 2.05) is 69.3 Å². The molecule has 28 heavy (non-hydrogen) atoms. The van der Waals surface area contributed by atoms with Crippen LogP contribution < -0.4 is 20.1 Å². The summed E-state index contributed by atoms with van der Waals surface area (Å²) in [6.45, 7) is 7.89. The minimum Gasteiger partial charge on any atom is -0.497 e. The van der Waals surface area contributed by atoms with Gasteiger partial charge in [0.05, 0.1) is 25.9 Å². The van der Waals surface area contributed by atoms with Crippen LogP contribution in [0.1, 0.15) is 31.9 Å². The van der Waals surface area contributed by atoms with Crippen LogP contribution in [0, 0.1) is 0 Å². The fourth-order valence-electron chi connectivity index (χ4n) is 2.38. The number of rotatable bonds is 9. The van der Waals surface area contributed by atoms with Crippen LogP contribution in [0.4, 0.5) is 4.79 Å². The highest BCUT2D eigenvalue weighted by atomic mass is 16.5. The number of hydrogen-bond acceptors (Lipinski definition) is 4. The van der Waals surface area contributed by atoms with Crippen LogP contribution in [0.25, 0.3) is 0 Å². The van der Waals surface area contributed by atoms with Crippen molar-refractivity contribution < 1.29 is 19.0 Å². The fraction of sp³-hybridized carbons (Fsp3) is 0.409. The van der Waals surface area contributed by atoms with E-state index in [0.29, 0.717) is 26.3 Å². The lowest BCUT2D eigenvalue weighted by Crippen LogP contribution is -2.37. The van der Waals surface area contributed by atoms with Crippen LogP contribution in [0.5, 0.6) is 11.5 Å². The summed E-state index contributed by atoms with van der Waals surface area (Å²) in [5.41, 5.74) is 1.93. The molecule has 2 aromatic rings. The highest BCUT2D eigenvalue weighted by molar-refractivity contribution is 5.73. The second-order valence-electron chi connectivity index (χ2n) is 7.35. The van der Waals surface area contributed by atoms with Crippen LogP contribution in [0.2, 0.25) is 0 Å². The Hall–Kier alpha value is -2.73. The molecule has 6 heteroatoms. The van der Waals surface area contributed by atoms with E-state index in [1.54, 1.807) is 7.11 Å². The van der Waals surface area contributed by atoms with Crippen molar-refractivity contribution in [1.82, 2.24) is 10.6 Å². The number of methoxy groups -OCH3 is 1. The third kappa shape index (κ3) is 8.31. The Labute approximate surface area is 167 Å². The zero-order chi connectivity index (χ0) is 20.4. The van der Waals surface area contributed by atoms with Gasteiger partial charge in [0.2, 0.25) is 0 Å². The first-order valence-corrected chi connectivity index (χ1v) is 9.36. The molecule has 0 unspecified atom stereocenters. The monoisotopic (exact) mass is 386 g/mol. The van der Waals surface area contributed by atoms with Crippen molar-refractivity contribution in [3.05, 3.63) is 59.7 Å². The Morgan fingerprint density at radius 2 is 1.64 bits per heavy atom. The quantitative estimate of drug-likeness (QED) is 0.642. The summed E-state index contributed by atoms with van der Waals surface area (Å²) in [7, 11) is 1.62. The number of carbonyl (C=O) groups excluding carboxylic acids is 1. The number of carbonyl (C=O) groups is 1. The molecule has 0 bridgehead atoms. The van der Waals surface area contributed by atoms with Crippen LogP contribution in [0.15, 0.2) is 48.5 Å². The molecule has 0 aliphatic carbocycles. The molecule has 2 aromatic carbocycles. The molecule has 0 atom stereocenters. The van der Waals surface area contributed by atoms with Gasteiger partial charge in [-0.2, -0.15) is 0 Å². The van der Waals surface area contributed by atoms with Gasteiger partial charge in [0.15, 0.2) is 0 Å². The average Bonchev–Trinajstić information content (AvgIpc) is 2.68. The minimum atomic E-state index is -0.227. The highest BCUT2D eigenvalue weighted by Crippen LogP contribution is 2.16. The summed E-state index contributed by atoms with van der Waals surface area (Å²) in [6.07, 6.45) is 0. The Kier molecular flexibility index (Phi) is 8.14. The fourth-order valence-corrected chi connectivity index (χ4v) is 2.38. The predicted molar refractivity (Wildman–Crippen MR) is 110 cm³/mol. The third-order valence-electron chi connectivity index (χ3n) is 3.83. The Morgan fingerprint density at radius 1 is 0.964 bits per heavy atom. The molecule has 2 amide bonds. The SMILES string of the molecule is COc1ccc(OCCNC(=O)NCc2cccc(COC(C)(C)C)c2)cc1. The van der Waals surface area contributed by atoms with Gasteiger partial charge in [-0.15, -0.1) is 0 Å². The van der Waals surface area contributed by atoms with Crippen molar-refractivity contribution in [2.45, 2.75) is 39.5 Å².